The van der Waals surface area contributed by atoms with E-state index in [1.165, 1.54) is 90.0 Å². The summed E-state index contributed by atoms with van der Waals surface area (Å²) in [5.74, 6) is 0. The molecular formula is C21H42N2. The molecule has 1 aliphatic rings. The molecule has 1 rings (SSSR count). The number of hydrogen-bond acceptors (Lipinski definition) is 2. The topological polar surface area (TPSA) is 6.48 Å². The molecule has 0 spiro atoms. The molecule has 1 heterocycles. The van der Waals surface area contributed by atoms with E-state index in [0.29, 0.717) is 6.17 Å². The highest BCUT2D eigenvalue weighted by molar-refractivity contribution is 4.96. The molecule has 2 nitrogen and oxygen atoms in total. The van der Waals surface area contributed by atoms with Gasteiger partial charge in [-0.15, -0.1) is 0 Å². The Morgan fingerprint density at radius 2 is 1.13 bits per heavy atom. The molecule has 0 saturated heterocycles. The molecule has 0 N–H and O–H groups in total. The fourth-order valence-corrected chi connectivity index (χ4v) is 3.61. The molecule has 0 saturated carbocycles. The molecule has 1 atom stereocenters. The van der Waals surface area contributed by atoms with E-state index in [9.17, 15) is 0 Å². The maximum atomic E-state index is 2.59. The first-order valence-corrected chi connectivity index (χ1v) is 10.5. The van der Waals surface area contributed by atoms with Gasteiger partial charge in [0.15, 0.2) is 0 Å². The van der Waals surface area contributed by atoms with E-state index in [-0.39, 0.29) is 0 Å². The zero-order chi connectivity index (χ0) is 16.8. The van der Waals surface area contributed by atoms with Crippen LogP contribution in [0.15, 0.2) is 12.4 Å². The normalized spacial score (nSPS) is 17.4. The summed E-state index contributed by atoms with van der Waals surface area (Å²) >= 11 is 0. The highest BCUT2D eigenvalue weighted by Gasteiger charge is 2.23. The van der Waals surface area contributed by atoms with E-state index in [1.54, 1.807) is 0 Å². The minimum absolute atomic E-state index is 0.640. The second-order valence-electron chi connectivity index (χ2n) is 7.17. The predicted octanol–water partition coefficient (Wildman–Crippen LogP) is 6.53. The van der Waals surface area contributed by atoms with Crippen LogP contribution in [0.3, 0.4) is 0 Å². The van der Waals surface area contributed by atoms with E-state index >= 15 is 0 Å². The molecule has 136 valence electrons. The van der Waals surface area contributed by atoms with Crippen LogP contribution < -0.4 is 0 Å². The van der Waals surface area contributed by atoms with Crippen molar-refractivity contribution >= 4 is 0 Å². The van der Waals surface area contributed by atoms with Gasteiger partial charge in [0.25, 0.3) is 0 Å². The Labute approximate surface area is 146 Å². The number of hydrogen-bond donors (Lipinski definition) is 0. The lowest BCUT2D eigenvalue weighted by molar-refractivity contribution is 0.142. The molecule has 2 heteroatoms. The largest absolute Gasteiger partial charge is 0.356 e. The van der Waals surface area contributed by atoms with Gasteiger partial charge < -0.3 is 9.80 Å². The highest BCUT2D eigenvalue weighted by atomic mass is 15.4. The molecule has 1 unspecified atom stereocenters. The van der Waals surface area contributed by atoms with E-state index in [4.69, 9.17) is 0 Å². The molecule has 0 aromatic carbocycles. The van der Waals surface area contributed by atoms with Gasteiger partial charge in [-0.25, -0.2) is 0 Å². The highest BCUT2D eigenvalue weighted by Crippen LogP contribution is 2.22. The van der Waals surface area contributed by atoms with Crippen LogP contribution in [0.4, 0.5) is 0 Å². The van der Waals surface area contributed by atoms with Crippen LogP contribution >= 0.6 is 0 Å². The van der Waals surface area contributed by atoms with Gasteiger partial charge in [-0.05, 0) is 26.2 Å². The van der Waals surface area contributed by atoms with E-state index < -0.39 is 0 Å². The lowest BCUT2D eigenvalue weighted by atomic mass is 10.1. The summed E-state index contributed by atoms with van der Waals surface area (Å²) in [6, 6.07) is 0. The standard InChI is InChI=1S/C21H42N2/c1-4-7-9-10-11-12-13-14-15-17-21-22(6-3)19-20-23(21)18-16-8-5-2/h19-21H,4-18H2,1-3H3. The molecule has 0 aromatic heterocycles. The third kappa shape index (κ3) is 8.67. The van der Waals surface area contributed by atoms with Crippen molar-refractivity contribution in [3.8, 4) is 0 Å². The quantitative estimate of drug-likeness (QED) is 0.316. The third-order valence-electron chi connectivity index (χ3n) is 5.17. The van der Waals surface area contributed by atoms with Crippen molar-refractivity contribution in [1.82, 2.24) is 9.80 Å². The molecule has 0 radical (unpaired) electrons. The van der Waals surface area contributed by atoms with Gasteiger partial charge in [0, 0.05) is 25.5 Å². The van der Waals surface area contributed by atoms with Gasteiger partial charge in [0.05, 0.1) is 0 Å². The van der Waals surface area contributed by atoms with Crippen molar-refractivity contribution in [3.05, 3.63) is 12.4 Å². The fourth-order valence-electron chi connectivity index (χ4n) is 3.61. The Bertz CT molecular complexity index is 288. The number of rotatable bonds is 15. The zero-order valence-corrected chi connectivity index (χ0v) is 16.2. The first kappa shape index (κ1) is 20.4. The average molecular weight is 323 g/mol. The fraction of sp³-hybridized carbons (Fsp3) is 0.905. The SMILES string of the molecule is CCCCCCCCCCCC1N(CC)C=CN1CCCCC. The third-order valence-corrected chi connectivity index (χ3v) is 5.17. The maximum absolute atomic E-state index is 2.59. The number of unbranched alkanes of at least 4 members (excludes halogenated alkanes) is 10. The Balaban J connectivity index is 2.10. The van der Waals surface area contributed by atoms with Crippen molar-refractivity contribution < 1.29 is 0 Å². The molecule has 23 heavy (non-hydrogen) atoms. The summed E-state index contributed by atoms with van der Waals surface area (Å²) in [5, 5.41) is 0. The van der Waals surface area contributed by atoms with Crippen LogP contribution in [0.2, 0.25) is 0 Å². The smallest absolute Gasteiger partial charge is 0.101 e. The molecule has 0 fully saturated rings. The van der Waals surface area contributed by atoms with Crippen LogP contribution in [-0.2, 0) is 0 Å². The summed E-state index contributed by atoms with van der Waals surface area (Å²) in [4.78, 5) is 5.11. The number of nitrogens with zero attached hydrogens (tertiary/aromatic N) is 2. The molecule has 0 aromatic rings. The first-order valence-electron chi connectivity index (χ1n) is 10.5. The Hall–Kier alpha value is -0.660. The minimum atomic E-state index is 0.640. The van der Waals surface area contributed by atoms with Crippen molar-refractivity contribution in [3.63, 3.8) is 0 Å². The summed E-state index contributed by atoms with van der Waals surface area (Å²) in [6.45, 7) is 9.25. The zero-order valence-electron chi connectivity index (χ0n) is 16.2. The van der Waals surface area contributed by atoms with Crippen molar-refractivity contribution in [1.29, 1.82) is 0 Å². The van der Waals surface area contributed by atoms with Crippen LogP contribution in [0, 0.1) is 0 Å². The van der Waals surface area contributed by atoms with Gasteiger partial charge in [-0.2, -0.15) is 0 Å². The van der Waals surface area contributed by atoms with Gasteiger partial charge in [-0.3, -0.25) is 0 Å². The predicted molar refractivity (Wildman–Crippen MR) is 103 cm³/mol. The van der Waals surface area contributed by atoms with Gasteiger partial charge in [0.1, 0.15) is 6.17 Å². The van der Waals surface area contributed by atoms with Crippen LogP contribution in [0.5, 0.6) is 0 Å². The van der Waals surface area contributed by atoms with Crippen molar-refractivity contribution in [2.24, 2.45) is 0 Å². The van der Waals surface area contributed by atoms with E-state index in [0.717, 1.165) is 6.54 Å². The van der Waals surface area contributed by atoms with E-state index in [1.807, 2.05) is 0 Å². The lowest BCUT2D eigenvalue weighted by Crippen LogP contribution is -2.38. The molecule has 1 aliphatic heterocycles. The summed E-state index contributed by atoms with van der Waals surface area (Å²) in [7, 11) is 0. The van der Waals surface area contributed by atoms with Gasteiger partial charge >= 0.3 is 0 Å². The average Bonchev–Trinajstić information content (AvgIpc) is 2.95. The van der Waals surface area contributed by atoms with Crippen molar-refractivity contribution in [2.75, 3.05) is 13.1 Å². The van der Waals surface area contributed by atoms with Gasteiger partial charge in [-0.1, -0.05) is 78.1 Å². The molecule has 0 aliphatic carbocycles. The second kappa shape index (κ2) is 13.7. The van der Waals surface area contributed by atoms with Gasteiger partial charge in [0.2, 0.25) is 0 Å². The Morgan fingerprint density at radius 3 is 1.74 bits per heavy atom. The van der Waals surface area contributed by atoms with Crippen LogP contribution in [-0.4, -0.2) is 29.1 Å². The first-order chi connectivity index (χ1) is 11.3. The molecular weight excluding hydrogens is 280 g/mol. The van der Waals surface area contributed by atoms with Crippen LogP contribution in [0.25, 0.3) is 0 Å². The Morgan fingerprint density at radius 1 is 0.609 bits per heavy atom. The summed E-state index contributed by atoms with van der Waals surface area (Å²) in [6.07, 6.45) is 23.5. The van der Waals surface area contributed by atoms with Crippen molar-refractivity contribution in [2.45, 2.75) is 110 Å². The monoisotopic (exact) mass is 322 g/mol. The lowest BCUT2D eigenvalue weighted by Gasteiger charge is -2.32. The maximum Gasteiger partial charge on any atom is 0.101 e. The summed E-state index contributed by atoms with van der Waals surface area (Å²) < 4.78 is 0. The molecule has 0 amide bonds. The summed E-state index contributed by atoms with van der Waals surface area (Å²) in [5.41, 5.74) is 0. The van der Waals surface area contributed by atoms with E-state index in [2.05, 4.69) is 43.0 Å². The minimum Gasteiger partial charge on any atom is -0.356 e. The van der Waals surface area contributed by atoms with Crippen LogP contribution in [0.1, 0.15) is 104 Å². The molecule has 0 bridgehead atoms. The Kier molecular flexibility index (Phi) is 12.2. The second-order valence-corrected chi connectivity index (χ2v) is 7.17.